The summed E-state index contributed by atoms with van der Waals surface area (Å²) in [5.74, 6) is 0.574. The lowest BCUT2D eigenvalue weighted by molar-refractivity contribution is -0.118. The number of hydrogen-bond donors (Lipinski definition) is 2. The molecule has 10 nitrogen and oxygen atoms in total. The number of nitrogens with zero attached hydrogens (tertiary/aromatic N) is 4. The van der Waals surface area contributed by atoms with Crippen LogP contribution in [-0.2, 0) is 9.59 Å². The molecule has 1 aliphatic heterocycles. The van der Waals surface area contributed by atoms with Gasteiger partial charge in [-0.3, -0.25) is 15.0 Å². The lowest BCUT2D eigenvalue weighted by Gasteiger charge is -2.19. The van der Waals surface area contributed by atoms with Crippen LogP contribution in [0.25, 0.3) is 0 Å². The van der Waals surface area contributed by atoms with Gasteiger partial charge in [-0.15, -0.1) is 0 Å². The van der Waals surface area contributed by atoms with E-state index in [0.29, 0.717) is 33.6 Å². The zero-order valence-electron chi connectivity index (χ0n) is 24.3. The van der Waals surface area contributed by atoms with Crippen LogP contribution in [-0.4, -0.2) is 37.4 Å². The van der Waals surface area contributed by atoms with Crippen LogP contribution in [0.4, 0.5) is 22.7 Å². The number of amides is 2. The Morgan fingerprint density at radius 2 is 1.69 bits per heavy atom. The third-order valence-corrected chi connectivity index (χ3v) is 7.38. The molecule has 0 spiro atoms. The van der Waals surface area contributed by atoms with Gasteiger partial charge in [0.15, 0.2) is 12.4 Å². The van der Waals surface area contributed by atoms with Gasteiger partial charge < -0.3 is 14.8 Å². The summed E-state index contributed by atoms with van der Waals surface area (Å²) in [6, 6.07) is 21.2. The molecule has 230 valence electrons. The standard InChI is InChI=1S/C32H27Cl3N6O4/c1-18-7-8-19(2)27(13-18)45-17-28(42)36-22-5-4-6-23(16-22)37-31-29(39-38-21-9-11-24(44-3)12-10-21)32(43)41(40-31)30-25(34)14-20(33)15-26(30)35/h4-16,29H,17H2,1-3H3,(H,36,42)(H,37,40). The molecule has 1 atom stereocenters. The molecule has 13 heteroatoms. The summed E-state index contributed by atoms with van der Waals surface area (Å²) in [6.07, 6.45) is 0. The van der Waals surface area contributed by atoms with Gasteiger partial charge >= 0.3 is 0 Å². The molecular formula is C32H27Cl3N6O4. The van der Waals surface area contributed by atoms with Crippen molar-refractivity contribution in [3.63, 3.8) is 0 Å². The van der Waals surface area contributed by atoms with Crippen LogP contribution in [0.1, 0.15) is 11.1 Å². The van der Waals surface area contributed by atoms with Crippen LogP contribution in [0.15, 0.2) is 94.1 Å². The maximum Gasteiger partial charge on any atom is 0.280 e. The van der Waals surface area contributed by atoms with Gasteiger partial charge in [0.05, 0.1) is 28.5 Å². The van der Waals surface area contributed by atoms with Crippen LogP contribution in [0.3, 0.4) is 0 Å². The smallest absolute Gasteiger partial charge is 0.280 e. The monoisotopic (exact) mass is 664 g/mol. The van der Waals surface area contributed by atoms with Crippen molar-refractivity contribution in [1.82, 2.24) is 5.43 Å². The molecule has 0 aliphatic carbocycles. The van der Waals surface area contributed by atoms with Crippen LogP contribution in [0.2, 0.25) is 15.1 Å². The Kier molecular flexibility index (Phi) is 9.87. The van der Waals surface area contributed by atoms with Crippen molar-refractivity contribution in [2.45, 2.75) is 19.9 Å². The normalized spacial score (nSPS) is 15.4. The van der Waals surface area contributed by atoms with E-state index in [9.17, 15) is 9.59 Å². The third kappa shape index (κ3) is 7.72. The number of ether oxygens (including phenoxy) is 2. The van der Waals surface area contributed by atoms with Gasteiger partial charge in [-0.1, -0.05) is 53.0 Å². The Labute approximate surface area is 274 Å². The van der Waals surface area contributed by atoms with Crippen LogP contribution < -0.4 is 25.2 Å². The number of hydrazine groups is 1. The molecule has 2 N–H and O–H groups in total. The van der Waals surface area contributed by atoms with E-state index in [1.54, 1.807) is 55.6 Å². The Morgan fingerprint density at radius 3 is 2.40 bits per heavy atom. The Hall–Kier alpha value is -4.64. The van der Waals surface area contributed by atoms with E-state index >= 15 is 0 Å². The molecule has 1 aliphatic rings. The van der Waals surface area contributed by atoms with Crippen molar-refractivity contribution in [2.24, 2.45) is 15.2 Å². The highest BCUT2D eigenvalue weighted by molar-refractivity contribution is 6.43. The average molecular weight is 666 g/mol. The van der Waals surface area contributed by atoms with Crippen molar-refractivity contribution in [2.75, 3.05) is 24.0 Å². The van der Waals surface area contributed by atoms with Gasteiger partial charge in [-0.25, -0.2) is 10.0 Å². The number of anilines is 2. The van der Waals surface area contributed by atoms with Crippen LogP contribution >= 0.6 is 34.8 Å². The Morgan fingerprint density at radius 1 is 0.956 bits per heavy atom. The first kappa shape index (κ1) is 31.8. The molecule has 1 unspecified atom stereocenters. The molecule has 1 fully saturated rings. The zero-order valence-corrected chi connectivity index (χ0v) is 26.6. The van der Waals surface area contributed by atoms with E-state index < -0.39 is 11.9 Å². The summed E-state index contributed by atoms with van der Waals surface area (Å²) >= 11 is 18.9. The molecule has 0 aromatic heterocycles. The largest absolute Gasteiger partial charge is 0.497 e. The van der Waals surface area contributed by atoms with E-state index in [-0.39, 0.29) is 34.1 Å². The summed E-state index contributed by atoms with van der Waals surface area (Å²) in [5, 5.41) is 13.1. The molecule has 0 saturated carbocycles. The minimum atomic E-state index is -1.17. The average Bonchev–Trinajstić information content (AvgIpc) is 3.30. The molecule has 2 amide bonds. The minimum Gasteiger partial charge on any atom is -0.497 e. The fraction of sp³-hybridized carbons (Fsp3) is 0.156. The van der Waals surface area contributed by atoms with Crippen molar-refractivity contribution in [3.05, 3.63) is 105 Å². The molecule has 0 radical (unpaired) electrons. The highest BCUT2D eigenvalue weighted by Gasteiger charge is 2.40. The van der Waals surface area contributed by atoms with Crippen molar-refractivity contribution in [3.8, 4) is 11.5 Å². The molecule has 45 heavy (non-hydrogen) atoms. The second kappa shape index (κ2) is 14.0. The van der Waals surface area contributed by atoms with Crippen LogP contribution in [0.5, 0.6) is 11.5 Å². The molecule has 4 aromatic carbocycles. The number of benzene rings is 4. The van der Waals surface area contributed by atoms with Crippen molar-refractivity contribution < 1.29 is 19.1 Å². The first-order valence-corrected chi connectivity index (χ1v) is 14.7. The summed E-state index contributed by atoms with van der Waals surface area (Å²) in [5.41, 5.74) is 6.51. The maximum atomic E-state index is 13.7. The van der Waals surface area contributed by atoms with E-state index in [2.05, 4.69) is 26.0 Å². The van der Waals surface area contributed by atoms with Gasteiger partial charge in [0.1, 0.15) is 17.2 Å². The maximum absolute atomic E-state index is 13.7. The first-order chi connectivity index (χ1) is 21.6. The fourth-order valence-corrected chi connectivity index (χ4v) is 5.33. The number of aryl methyl sites for hydroxylation is 2. The lowest BCUT2D eigenvalue weighted by atomic mass is 10.1. The summed E-state index contributed by atoms with van der Waals surface area (Å²) in [4.78, 5) is 31.0. The quantitative estimate of drug-likeness (QED) is 0.176. The number of aliphatic imine (C=N–C) groups is 1. The second-order valence-electron chi connectivity index (χ2n) is 9.97. The number of carbonyl (C=O) groups excluding carboxylic acids is 2. The number of amidine groups is 1. The second-order valence-corrected chi connectivity index (χ2v) is 11.2. The topological polar surface area (TPSA) is 117 Å². The van der Waals surface area contributed by atoms with E-state index in [1.807, 2.05) is 32.0 Å². The number of nitrogens with one attached hydrogen (secondary N) is 2. The molecule has 1 saturated heterocycles. The highest BCUT2D eigenvalue weighted by Crippen LogP contribution is 2.38. The van der Waals surface area contributed by atoms with E-state index in [0.717, 1.165) is 16.1 Å². The number of hydrogen-bond acceptors (Lipinski definition) is 7. The summed E-state index contributed by atoms with van der Waals surface area (Å²) < 4.78 is 10.9. The number of carbonyl (C=O) groups is 2. The van der Waals surface area contributed by atoms with Gasteiger partial charge in [0.25, 0.3) is 11.8 Å². The molecule has 0 bridgehead atoms. The number of methoxy groups -OCH3 is 1. The van der Waals surface area contributed by atoms with E-state index in [1.165, 1.54) is 12.1 Å². The molecule has 4 aromatic rings. The SMILES string of the molecule is COc1ccc(N=NC2C(=O)N(c3c(Cl)cc(Cl)cc3Cl)NC2=Nc2cccc(NC(=O)COc3cc(C)ccc3C)c2)cc1. The van der Waals surface area contributed by atoms with Crippen molar-refractivity contribution >= 4 is 75.2 Å². The fourth-order valence-electron chi connectivity index (χ4n) is 4.34. The molecular weight excluding hydrogens is 639 g/mol. The van der Waals surface area contributed by atoms with Gasteiger partial charge in [0, 0.05) is 10.7 Å². The summed E-state index contributed by atoms with van der Waals surface area (Å²) in [7, 11) is 1.56. The predicted molar refractivity (Wildman–Crippen MR) is 177 cm³/mol. The zero-order chi connectivity index (χ0) is 32.1. The predicted octanol–water partition coefficient (Wildman–Crippen LogP) is 8.02. The summed E-state index contributed by atoms with van der Waals surface area (Å²) in [6.45, 7) is 3.69. The van der Waals surface area contributed by atoms with Gasteiger partial charge in [-0.2, -0.15) is 10.2 Å². The Bertz CT molecular complexity index is 1790. The lowest BCUT2D eigenvalue weighted by Crippen LogP contribution is -2.36. The van der Waals surface area contributed by atoms with Crippen LogP contribution in [0, 0.1) is 13.8 Å². The number of halogens is 3. The van der Waals surface area contributed by atoms with Gasteiger partial charge in [0.2, 0.25) is 6.04 Å². The van der Waals surface area contributed by atoms with Crippen molar-refractivity contribution in [1.29, 1.82) is 0 Å². The number of rotatable bonds is 9. The minimum absolute atomic E-state index is 0.147. The van der Waals surface area contributed by atoms with E-state index in [4.69, 9.17) is 44.3 Å². The highest BCUT2D eigenvalue weighted by atomic mass is 35.5. The third-order valence-electron chi connectivity index (χ3n) is 6.59. The first-order valence-electron chi connectivity index (χ1n) is 13.6. The number of azo groups is 1. The Balaban J connectivity index is 1.40. The van der Waals surface area contributed by atoms with Gasteiger partial charge in [-0.05, 0) is 85.6 Å². The molecule has 5 rings (SSSR count). The molecule has 1 heterocycles.